The number of amidine groups is 2. The standard InChI is InChI=1S/C24H43N5O3S2/c1-4-5-6-7-8-9-10-11-12-13-16-25-23-24(28-34(30,31)27-23)26-17-18-33-20-22-15-14-21(32-22)19-29(2)3/h14-15H,4-13,16-20H2,1-3H3,(H,25,27)(H,26,28). The Bertz CT molecular complexity index is 866. The molecular formula is C24H43N5O3S2. The van der Waals surface area contributed by atoms with E-state index in [4.69, 9.17) is 4.42 Å². The molecule has 194 valence electrons. The minimum atomic E-state index is -3.78. The highest BCUT2D eigenvalue weighted by Crippen LogP contribution is 2.16. The number of rotatable bonds is 18. The van der Waals surface area contributed by atoms with Crippen LogP contribution in [0.2, 0.25) is 0 Å². The molecule has 1 aromatic rings. The fourth-order valence-electron chi connectivity index (χ4n) is 3.70. The zero-order valence-corrected chi connectivity index (χ0v) is 22.8. The minimum absolute atomic E-state index is 0.318. The quantitative estimate of drug-likeness (QED) is 0.274. The monoisotopic (exact) mass is 513 g/mol. The average Bonchev–Trinajstić information content (AvgIpc) is 3.34. The van der Waals surface area contributed by atoms with Gasteiger partial charge in [0.2, 0.25) is 0 Å². The lowest BCUT2D eigenvalue weighted by Gasteiger charge is -2.09. The van der Waals surface area contributed by atoms with Gasteiger partial charge in [-0.3, -0.25) is 0 Å². The second-order valence-electron chi connectivity index (χ2n) is 9.02. The van der Waals surface area contributed by atoms with Crippen molar-refractivity contribution in [1.29, 1.82) is 0 Å². The van der Waals surface area contributed by atoms with Gasteiger partial charge in [-0.1, -0.05) is 64.7 Å². The SMILES string of the molecule is CCCCCCCCCCCCNC1=NS(=O)(=O)N=C1NCCSCc1ccc(CN(C)C)o1. The van der Waals surface area contributed by atoms with Crippen LogP contribution in [0.15, 0.2) is 25.3 Å². The van der Waals surface area contributed by atoms with Crippen molar-refractivity contribution in [3.05, 3.63) is 23.7 Å². The molecule has 0 spiro atoms. The molecule has 0 aromatic carbocycles. The Balaban J connectivity index is 1.56. The Labute approximate surface area is 210 Å². The summed E-state index contributed by atoms with van der Waals surface area (Å²) in [6.45, 7) is 4.34. The number of nitrogens with one attached hydrogen (secondary N) is 2. The van der Waals surface area contributed by atoms with Crippen LogP contribution in [0.25, 0.3) is 0 Å². The summed E-state index contributed by atoms with van der Waals surface area (Å²) < 4.78 is 36.9. The van der Waals surface area contributed by atoms with Crippen LogP contribution in [0.3, 0.4) is 0 Å². The summed E-state index contributed by atoms with van der Waals surface area (Å²) >= 11 is 1.72. The third-order valence-electron chi connectivity index (χ3n) is 5.43. The van der Waals surface area contributed by atoms with Gasteiger partial charge < -0.3 is 20.0 Å². The highest BCUT2D eigenvalue weighted by atomic mass is 32.2. The largest absolute Gasteiger partial charge is 0.464 e. The highest BCUT2D eigenvalue weighted by molar-refractivity contribution is 7.98. The topological polar surface area (TPSA) is 99.3 Å². The first kappa shape index (κ1) is 28.7. The van der Waals surface area contributed by atoms with E-state index in [9.17, 15) is 8.42 Å². The lowest BCUT2D eigenvalue weighted by Crippen LogP contribution is -2.39. The molecular weight excluding hydrogens is 470 g/mol. The molecule has 0 saturated heterocycles. The number of thioether (sulfide) groups is 1. The zero-order chi connectivity index (χ0) is 24.7. The molecule has 0 atom stereocenters. The summed E-state index contributed by atoms with van der Waals surface area (Å²) in [4.78, 5) is 2.07. The van der Waals surface area contributed by atoms with Crippen LogP contribution in [0.1, 0.15) is 82.7 Å². The fourth-order valence-corrected chi connectivity index (χ4v) is 5.25. The number of nitrogens with zero attached hydrogens (tertiary/aromatic N) is 3. The van der Waals surface area contributed by atoms with Crippen molar-refractivity contribution in [2.24, 2.45) is 8.80 Å². The van der Waals surface area contributed by atoms with Gasteiger partial charge in [-0.05, 0) is 32.6 Å². The second kappa shape index (κ2) is 16.2. The van der Waals surface area contributed by atoms with E-state index in [-0.39, 0.29) is 0 Å². The van der Waals surface area contributed by atoms with E-state index in [1.165, 1.54) is 51.4 Å². The molecule has 1 aliphatic rings. The summed E-state index contributed by atoms with van der Waals surface area (Å²) in [6.07, 6.45) is 12.7. The van der Waals surface area contributed by atoms with E-state index in [1.54, 1.807) is 11.8 Å². The molecule has 0 amide bonds. The fraction of sp³-hybridized carbons (Fsp3) is 0.750. The Morgan fingerprint density at radius 3 is 2.03 bits per heavy atom. The number of hydrogen-bond acceptors (Lipinski definition) is 7. The van der Waals surface area contributed by atoms with Crippen LogP contribution in [-0.4, -0.2) is 57.9 Å². The molecule has 8 nitrogen and oxygen atoms in total. The van der Waals surface area contributed by atoms with E-state index in [0.29, 0.717) is 24.8 Å². The van der Waals surface area contributed by atoms with Crippen LogP contribution in [0, 0.1) is 0 Å². The number of unbranched alkanes of at least 4 members (excludes halogenated alkanes) is 9. The second-order valence-corrected chi connectivity index (χ2v) is 11.4. The number of hydrogen-bond donors (Lipinski definition) is 2. The van der Waals surface area contributed by atoms with Crippen molar-refractivity contribution in [2.45, 2.75) is 83.4 Å². The van der Waals surface area contributed by atoms with Crippen LogP contribution in [0.5, 0.6) is 0 Å². The Hall–Kier alpha value is -1.52. The van der Waals surface area contributed by atoms with Gasteiger partial charge in [-0.25, -0.2) is 0 Å². The number of furan rings is 1. The van der Waals surface area contributed by atoms with Crippen LogP contribution in [0.4, 0.5) is 0 Å². The van der Waals surface area contributed by atoms with Crippen LogP contribution < -0.4 is 10.6 Å². The Kier molecular flexibility index (Phi) is 13.7. The van der Waals surface area contributed by atoms with Crippen molar-refractivity contribution in [3.63, 3.8) is 0 Å². The molecule has 1 aromatic heterocycles. The van der Waals surface area contributed by atoms with Crippen molar-refractivity contribution < 1.29 is 12.8 Å². The molecule has 10 heteroatoms. The summed E-state index contributed by atoms with van der Waals surface area (Å²) in [7, 11) is 0.247. The summed E-state index contributed by atoms with van der Waals surface area (Å²) in [5.41, 5.74) is 0. The first-order chi connectivity index (χ1) is 16.4. The van der Waals surface area contributed by atoms with Crippen LogP contribution in [-0.2, 0) is 22.5 Å². The predicted octanol–water partition coefficient (Wildman–Crippen LogP) is 4.73. The van der Waals surface area contributed by atoms with E-state index in [0.717, 1.165) is 42.4 Å². The maximum Gasteiger partial charge on any atom is 0.367 e. The van der Waals surface area contributed by atoms with E-state index in [1.807, 2.05) is 26.2 Å². The van der Waals surface area contributed by atoms with Gasteiger partial charge in [0, 0.05) is 18.8 Å². The molecule has 0 radical (unpaired) electrons. The maximum absolute atomic E-state index is 11.8. The lowest BCUT2D eigenvalue weighted by atomic mass is 10.1. The molecule has 0 unspecified atom stereocenters. The van der Waals surface area contributed by atoms with Gasteiger partial charge in [0.1, 0.15) is 11.5 Å². The normalized spacial score (nSPS) is 14.9. The van der Waals surface area contributed by atoms with E-state index in [2.05, 4.69) is 31.3 Å². The molecule has 0 fully saturated rings. The third-order valence-corrected chi connectivity index (χ3v) is 7.24. The van der Waals surface area contributed by atoms with E-state index < -0.39 is 10.2 Å². The van der Waals surface area contributed by atoms with E-state index >= 15 is 0 Å². The predicted molar refractivity (Wildman–Crippen MR) is 144 cm³/mol. The smallest absolute Gasteiger partial charge is 0.367 e. The van der Waals surface area contributed by atoms with Gasteiger partial charge in [0.25, 0.3) is 0 Å². The molecule has 34 heavy (non-hydrogen) atoms. The van der Waals surface area contributed by atoms with Crippen molar-refractivity contribution in [2.75, 3.05) is 32.9 Å². The van der Waals surface area contributed by atoms with Gasteiger partial charge in [-0.2, -0.15) is 20.2 Å². The minimum Gasteiger partial charge on any atom is -0.464 e. The van der Waals surface area contributed by atoms with Gasteiger partial charge in [0.05, 0.1) is 12.3 Å². The first-order valence-corrected chi connectivity index (χ1v) is 15.2. The average molecular weight is 514 g/mol. The lowest BCUT2D eigenvalue weighted by molar-refractivity contribution is 0.344. The summed E-state index contributed by atoms with van der Waals surface area (Å²) in [5, 5.41) is 6.26. The zero-order valence-electron chi connectivity index (χ0n) is 21.1. The van der Waals surface area contributed by atoms with Crippen molar-refractivity contribution in [3.8, 4) is 0 Å². The summed E-state index contributed by atoms with van der Waals surface area (Å²) in [5.74, 6) is 4.13. The first-order valence-electron chi connectivity index (χ1n) is 12.6. The van der Waals surface area contributed by atoms with Gasteiger partial charge in [0.15, 0.2) is 11.7 Å². The van der Waals surface area contributed by atoms with Crippen molar-refractivity contribution >= 4 is 33.6 Å². The molecule has 0 aliphatic carbocycles. The molecule has 0 bridgehead atoms. The Morgan fingerprint density at radius 1 is 0.853 bits per heavy atom. The molecule has 1 aliphatic heterocycles. The molecule has 2 rings (SSSR count). The molecule has 2 heterocycles. The maximum atomic E-state index is 11.8. The Morgan fingerprint density at radius 2 is 1.41 bits per heavy atom. The van der Waals surface area contributed by atoms with Gasteiger partial charge >= 0.3 is 10.2 Å². The van der Waals surface area contributed by atoms with Crippen LogP contribution >= 0.6 is 11.8 Å². The summed E-state index contributed by atoms with van der Waals surface area (Å²) in [6, 6.07) is 4.02. The molecule has 2 N–H and O–H groups in total. The highest BCUT2D eigenvalue weighted by Gasteiger charge is 2.23. The third kappa shape index (κ3) is 12.3. The van der Waals surface area contributed by atoms with Crippen molar-refractivity contribution in [1.82, 2.24) is 15.5 Å². The van der Waals surface area contributed by atoms with Gasteiger partial charge in [-0.15, -0.1) is 8.80 Å². The molecule has 0 saturated carbocycles.